The van der Waals surface area contributed by atoms with Crippen LogP contribution in [0.2, 0.25) is 5.02 Å². The van der Waals surface area contributed by atoms with Gasteiger partial charge in [0.25, 0.3) is 0 Å². The van der Waals surface area contributed by atoms with Crippen molar-refractivity contribution in [2.45, 2.75) is 39.5 Å². The molecule has 1 nitrogen and oxygen atoms in total. The normalized spacial score (nSPS) is 14.7. The van der Waals surface area contributed by atoms with Crippen molar-refractivity contribution in [2.24, 2.45) is 11.7 Å². The van der Waals surface area contributed by atoms with Crippen LogP contribution in [0, 0.1) is 11.7 Å². The van der Waals surface area contributed by atoms with Crippen LogP contribution in [0.4, 0.5) is 4.39 Å². The van der Waals surface area contributed by atoms with Crippen molar-refractivity contribution in [1.82, 2.24) is 0 Å². The fraction of sp³-hybridized carbons (Fsp3) is 0.571. The molecule has 3 heteroatoms. The molecule has 0 heterocycles. The van der Waals surface area contributed by atoms with E-state index < -0.39 is 0 Å². The summed E-state index contributed by atoms with van der Waals surface area (Å²) in [5, 5.41) is 0.224. The number of nitrogens with two attached hydrogens (primary N) is 1. The first-order valence-corrected chi connectivity index (χ1v) is 6.55. The predicted octanol–water partition coefficient (Wildman–Crippen LogP) is 4.13. The zero-order chi connectivity index (χ0) is 13.0. The fourth-order valence-electron chi connectivity index (χ4n) is 1.85. The topological polar surface area (TPSA) is 26.0 Å². The Balaban J connectivity index is 3.05. The van der Waals surface area contributed by atoms with Gasteiger partial charge in [-0.1, -0.05) is 38.4 Å². The van der Waals surface area contributed by atoms with E-state index in [1.807, 2.05) is 19.9 Å². The Morgan fingerprint density at radius 3 is 2.53 bits per heavy atom. The zero-order valence-corrected chi connectivity index (χ0v) is 11.5. The van der Waals surface area contributed by atoms with Gasteiger partial charge < -0.3 is 5.73 Å². The van der Waals surface area contributed by atoms with E-state index in [9.17, 15) is 4.39 Å². The lowest BCUT2D eigenvalue weighted by molar-refractivity contribution is 0.572. The molecule has 0 aliphatic heterocycles. The number of benzene rings is 1. The van der Waals surface area contributed by atoms with Gasteiger partial charge in [-0.3, -0.25) is 0 Å². The van der Waals surface area contributed by atoms with Crippen molar-refractivity contribution >= 4 is 11.6 Å². The summed E-state index contributed by atoms with van der Waals surface area (Å²) in [5.74, 6) is 0.312. The molecule has 1 aromatic rings. The molecule has 2 N–H and O–H groups in total. The Bertz CT molecular complexity index is 379. The van der Waals surface area contributed by atoms with E-state index >= 15 is 0 Å². The average Bonchev–Trinajstić information content (AvgIpc) is 2.32. The third-order valence-electron chi connectivity index (χ3n) is 3.25. The summed E-state index contributed by atoms with van der Waals surface area (Å²) in [6.45, 7) is 6.78. The van der Waals surface area contributed by atoms with Gasteiger partial charge in [-0.2, -0.15) is 0 Å². The highest BCUT2D eigenvalue weighted by Gasteiger charge is 2.15. The van der Waals surface area contributed by atoms with E-state index in [4.69, 9.17) is 17.3 Å². The second kappa shape index (κ2) is 6.36. The van der Waals surface area contributed by atoms with Crippen molar-refractivity contribution < 1.29 is 4.39 Å². The average molecular weight is 258 g/mol. The minimum absolute atomic E-state index is 0.195. The summed E-state index contributed by atoms with van der Waals surface area (Å²) in [4.78, 5) is 0. The molecule has 0 aromatic heterocycles. The second-order valence-electron chi connectivity index (χ2n) is 4.84. The van der Waals surface area contributed by atoms with E-state index in [1.54, 1.807) is 6.07 Å². The van der Waals surface area contributed by atoms with Crippen LogP contribution in [0.3, 0.4) is 0 Å². The molecule has 96 valence electrons. The highest BCUT2D eigenvalue weighted by molar-refractivity contribution is 6.30. The summed E-state index contributed by atoms with van der Waals surface area (Å²) in [6, 6.07) is 3.65. The molecule has 0 saturated carbocycles. The Morgan fingerprint density at radius 2 is 2.00 bits per heavy atom. The first-order chi connectivity index (χ1) is 7.99. The van der Waals surface area contributed by atoms with Gasteiger partial charge in [-0.05, 0) is 48.4 Å². The lowest BCUT2D eigenvalue weighted by atomic mass is 9.93. The molecule has 0 aliphatic rings. The van der Waals surface area contributed by atoms with Crippen molar-refractivity contribution in [3.05, 3.63) is 34.1 Å². The van der Waals surface area contributed by atoms with Gasteiger partial charge in [0.15, 0.2) is 0 Å². The highest BCUT2D eigenvalue weighted by Crippen LogP contribution is 2.29. The Labute approximate surface area is 108 Å². The maximum atomic E-state index is 13.9. The van der Waals surface area contributed by atoms with E-state index in [1.165, 1.54) is 0 Å². The van der Waals surface area contributed by atoms with Gasteiger partial charge >= 0.3 is 0 Å². The largest absolute Gasteiger partial charge is 0.330 e. The molecule has 2 unspecified atom stereocenters. The summed E-state index contributed by atoms with van der Waals surface area (Å²) >= 11 is 5.94. The zero-order valence-electron chi connectivity index (χ0n) is 10.8. The molecule has 1 rings (SSSR count). The molecule has 1 aromatic carbocycles. The summed E-state index contributed by atoms with van der Waals surface area (Å²) in [7, 11) is 0. The molecule has 0 spiro atoms. The van der Waals surface area contributed by atoms with Gasteiger partial charge in [-0.25, -0.2) is 4.39 Å². The summed E-state index contributed by atoms with van der Waals surface area (Å²) in [5.41, 5.74) is 7.40. The van der Waals surface area contributed by atoms with Crippen molar-refractivity contribution in [3.63, 3.8) is 0 Å². The molecule has 0 bridgehead atoms. The maximum absolute atomic E-state index is 13.9. The van der Waals surface area contributed by atoms with Crippen LogP contribution in [0.25, 0.3) is 0 Å². The first kappa shape index (κ1) is 14.5. The molecule has 17 heavy (non-hydrogen) atoms. The molecule has 0 amide bonds. The third kappa shape index (κ3) is 3.68. The van der Waals surface area contributed by atoms with Gasteiger partial charge in [0.05, 0.1) is 5.02 Å². The van der Waals surface area contributed by atoms with Crippen LogP contribution in [0.1, 0.15) is 44.2 Å². The van der Waals surface area contributed by atoms with Gasteiger partial charge in [0, 0.05) is 0 Å². The SMILES string of the molecule is CCC(C)c1cc(CC(C)CN)cc(Cl)c1F. The lowest BCUT2D eigenvalue weighted by Crippen LogP contribution is -2.13. The smallest absolute Gasteiger partial charge is 0.145 e. The van der Waals surface area contributed by atoms with Crippen LogP contribution in [0.15, 0.2) is 12.1 Å². The number of rotatable bonds is 5. The summed E-state index contributed by atoms with van der Waals surface area (Å²) in [6.07, 6.45) is 1.75. The van der Waals surface area contributed by atoms with Crippen LogP contribution in [-0.4, -0.2) is 6.54 Å². The van der Waals surface area contributed by atoms with Gasteiger partial charge in [0.2, 0.25) is 0 Å². The second-order valence-corrected chi connectivity index (χ2v) is 5.24. The standard InChI is InChI=1S/C14H21ClFN/c1-4-10(3)12-6-11(5-9(2)8-17)7-13(15)14(12)16/h6-7,9-10H,4-5,8,17H2,1-3H3. The van der Waals surface area contributed by atoms with Crippen molar-refractivity contribution in [3.8, 4) is 0 Å². The predicted molar refractivity (Wildman–Crippen MR) is 72.0 cm³/mol. The van der Waals surface area contributed by atoms with Crippen LogP contribution in [-0.2, 0) is 6.42 Å². The molecule has 2 atom stereocenters. The minimum atomic E-state index is -0.273. The van der Waals surface area contributed by atoms with E-state index in [0.29, 0.717) is 12.5 Å². The van der Waals surface area contributed by atoms with Crippen molar-refractivity contribution in [1.29, 1.82) is 0 Å². The van der Waals surface area contributed by atoms with Gasteiger partial charge in [0.1, 0.15) is 5.82 Å². The van der Waals surface area contributed by atoms with Crippen LogP contribution >= 0.6 is 11.6 Å². The monoisotopic (exact) mass is 257 g/mol. The molecule has 0 radical (unpaired) electrons. The van der Waals surface area contributed by atoms with E-state index in [-0.39, 0.29) is 16.8 Å². The molecule has 0 saturated heterocycles. The third-order valence-corrected chi connectivity index (χ3v) is 3.52. The van der Waals surface area contributed by atoms with Crippen molar-refractivity contribution in [2.75, 3.05) is 6.54 Å². The maximum Gasteiger partial charge on any atom is 0.145 e. The van der Waals surface area contributed by atoms with Gasteiger partial charge in [-0.15, -0.1) is 0 Å². The minimum Gasteiger partial charge on any atom is -0.330 e. The first-order valence-electron chi connectivity index (χ1n) is 6.17. The lowest BCUT2D eigenvalue weighted by Gasteiger charge is -2.15. The van der Waals surface area contributed by atoms with Crippen LogP contribution in [0.5, 0.6) is 0 Å². The quantitative estimate of drug-likeness (QED) is 0.843. The summed E-state index contributed by atoms with van der Waals surface area (Å²) < 4.78 is 13.9. The Hall–Kier alpha value is -0.600. The highest BCUT2D eigenvalue weighted by atomic mass is 35.5. The number of hydrogen-bond acceptors (Lipinski definition) is 1. The number of hydrogen-bond donors (Lipinski definition) is 1. The molecular formula is C14H21ClFN. The van der Waals surface area contributed by atoms with E-state index in [0.717, 1.165) is 24.0 Å². The van der Waals surface area contributed by atoms with E-state index in [2.05, 4.69) is 6.92 Å². The van der Waals surface area contributed by atoms with Crippen LogP contribution < -0.4 is 5.73 Å². The molecular weight excluding hydrogens is 237 g/mol. The molecule has 0 fully saturated rings. The number of halogens is 2. The molecule has 0 aliphatic carbocycles. The Kier molecular flexibility index (Phi) is 5.41. The fourth-order valence-corrected chi connectivity index (χ4v) is 2.10. The Morgan fingerprint density at radius 1 is 1.35 bits per heavy atom.